The molecule has 3 fully saturated rings. The first-order chi connectivity index (χ1) is 21.8. The summed E-state index contributed by atoms with van der Waals surface area (Å²) in [6.45, 7) is 1.57. The Bertz CT molecular complexity index is 1990. The van der Waals surface area contributed by atoms with Crippen LogP contribution in [0.2, 0.25) is 0 Å². The van der Waals surface area contributed by atoms with Gasteiger partial charge in [-0.15, -0.1) is 0 Å². The maximum atomic E-state index is 13.7. The van der Waals surface area contributed by atoms with Crippen molar-refractivity contribution in [2.75, 3.05) is 13.7 Å². The molecule has 2 saturated carbocycles. The van der Waals surface area contributed by atoms with Crippen LogP contribution < -0.4 is 16.2 Å². The van der Waals surface area contributed by atoms with Crippen molar-refractivity contribution in [2.45, 2.75) is 50.7 Å². The van der Waals surface area contributed by atoms with Gasteiger partial charge in [0, 0.05) is 48.7 Å². The van der Waals surface area contributed by atoms with Gasteiger partial charge in [0.15, 0.2) is 5.82 Å². The number of carbonyl (C=O) groups excluding carboxylic acids is 2. The molecule has 1 saturated heterocycles. The molecule has 2 unspecified atom stereocenters. The molecule has 10 heteroatoms. The zero-order valence-electron chi connectivity index (χ0n) is 25.6. The van der Waals surface area contributed by atoms with Crippen molar-refractivity contribution in [2.24, 2.45) is 30.4 Å². The van der Waals surface area contributed by atoms with Crippen molar-refractivity contribution >= 4 is 33.9 Å². The Balaban J connectivity index is 1.20. The molecule has 3 aliphatic rings. The molecule has 2 aliphatic carbocycles. The number of nitrogens with zero attached hydrogens (tertiary/aromatic N) is 5. The lowest BCUT2D eigenvalue weighted by atomic mass is 10.1. The minimum Gasteiger partial charge on any atom is -0.494 e. The lowest BCUT2D eigenvalue weighted by Gasteiger charge is -2.27. The van der Waals surface area contributed by atoms with E-state index in [1.807, 2.05) is 54.4 Å². The number of aromatic nitrogens is 4. The number of piperidine rings is 1. The predicted molar refractivity (Wildman–Crippen MR) is 173 cm³/mol. The molecule has 2 aromatic carbocycles. The number of hydrogen-bond donors (Lipinski definition) is 2. The number of rotatable bonds is 8. The molecule has 1 aliphatic heterocycles. The van der Waals surface area contributed by atoms with Gasteiger partial charge in [0.2, 0.25) is 5.91 Å². The third kappa shape index (κ3) is 4.66. The average Bonchev–Trinajstić information content (AvgIpc) is 3.44. The van der Waals surface area contributed by atoms with Gasteiger partial charge in [0.05, 0.1) is 30.4 Å². The van der Waals surface area contributed by atoms with Gasteiger partial charge in [-0.3, -0.25) is 9.59 Å². The third-order valence-electron chi connectivity index (χ3n) is 10.1. The fraction of sp³-hybridized carbons (Fsp3) is 0.371. The molecule has 0 spiro atoms. The highest BCUT2D eigenvalue weighted by Gasteiger charge is 2.47. The number of hydrogen-bond acceptors (Lipinski definition) is 6. The number of amides is 2. The van der Waals surface area contributed by atoms with E-state index in [9.17, 15) is 9.59 Å². The molecule has 3 atom stereocenters. The number of benzene rings is 2. The van der Waals surface area contributed by atoms with Crippen LogP contribution in [0.25, 0.3) is 44.8 Å². The summed E-state index contributed by atoms with van der Waals surface area (Å²) < 4.78 is 10.2. The fourth-order valence-electron chi connectivity index (χ4n) is 7.48. The Morgan fingerprint density at radius 2 is 1.80 bits per heavy atom. The number of pyridine rings is 1. The fourth-order valence-corrected chi connectivity index (χ4v) is 7.48. The normalized spacial score (nSPS) is 20.9. The van der Waals surface area contributed by atoms with E-state index >= 15 is 0 Å². The molecule has 2 amide bonds. The molecule has 3 aromatic heterocycles. The van der Waals surface area contributed by atoms with Crippen LogP contribution in [-0.4, -0.2) is 61.6 Å². The number of likely N-dealkylation sites (tertiary alicyclic amines) is 1. The van der Waals surface area contributed by atoms with Gasteiger partial charge in [-0.05, 0) is 73.4 Å². The zero-order chi connectivity index (χ0) is 31.0. The maximum absolute atomic E-state index is 13.7. The first kappa shape index (κ1) is 27.8. The predicted octanol–water partition coefficient (Wildman–Crippen LogP) is 4.27. The van der Waals surface area contributed by atoms with Crippen LogP contribution in [0.3, 0.4) is 0 Å². The van der Waals surface area contributed by atoms with E-state index in [1.54, 1.807) is 7.11 Å². The molecule has 45 heavy (non-hydrogen) atoms. The van der Waals surface area contributed by atoms with Gasteiger partial charge in [0.1, 0.15) is 16.9 Å². The number of methoxy groups -OCH3 is 1. The first-order valence-electron chi connectivity index (χ1n) is 15.8. The minimum absolute atomic E-state index is 0.00714. The number of aryl methyl sites for hydroxylation is 1. The molecule has 0 radical (unpaired) electrons. The molecule has 5 aromatic rings. The van der Waals surface area contributed by atoms with Crippen LogP contribution in [0.5, 0.6) is 5.75 Å². The van der Waals surface area contributed by atoms with Gasteiger partial charge in [-0.2, -0.15) is 0 Å². The molecule has 2 bridgehead atoms. The Labute approximate surface area is 261 Å². The Morgan fingerprint density at radius 3 is 2.47 bits per heavy atom. The number of nitrogens with two attached hydrogens (primary N) is 2. The highest BCUT2D eigenvalue weighted by molar-refractivity contribution is 6.00. The largest absolute Gasteiger partial charge is 0.494 e. The van der Waals surface area contributed by atoms with E-state index in [0.717, 1.165) is 69.8 Å². The average molecular weight is 604 g/mol. The number of ether oxygens (including phenoxy) is 1. The second kappa shape index (κ2) is 10.4. The number of fused-ring (bicyclic) bond motifs is 4. The van der Waals surface area contributed by atoms with E-state index in [4.69, 9.17) is 26.2 Å². The van der Waals surface area contributed by atoms with Crippen molar-refractivity contribution in [3.05, 3.63) is 65.7 Å². The number of imidazole rings is 1. The molecular weight excluding hydrogens is 566 g/mol. The monoisotopic (exact) mass is 603 g/mol. The van der Waals surface area contributed by atoms with E-state index in [-0.39, 0.29) is 30.3 Å². The van der Waals surface area contributed by atoms with Crippen LogP contribution in [0.1, 0.15) is 41.6 Å². The van der Waals surface area contributed by atoms with Crippen molar-refractivity contribution in [1.29, 1.82) is 0 Å². The van der Waals surface area contributed by atoms with Gasteiger partial charge >= 0.3 is 0 Å². The summed E-state index contributed by atoms with van der Waals surface area (Å²) >= 11 is 0. The van der Waals surface area contributed by atoms with E-state index < -0.39 is 0 Å². The Hall–Kier alpha value is -4.70. The quantitative estimate of drug-likeness (QED) is 0.272. The van der Waals surface area contributed by atoms with Crippen LogP contribution in [0.4, 0.5) is 0 Å². The molecular formula is C35H37N7O3. The summed E-state index contributed by atoms with van der Waals surface area (Å²) in [7, 11) is 3.64. The van der Waals surface area contributed by atoms with Gasteiger partial charge in [-0.25, -0.2) is 9.97 Å². The van der Waals surface area contributed by atoms with Gasteiger partial charge in [-0.1, -0.05) is 24.3 Å². The van der Waals surface area contributed by atoms with Crippen LogP contribution >= 0.6 is 0 Å². The molecule has 230 valence electrons. The zero-order valence-corrected chi connectivity index (χ0v) is 25.6. The van der Waals surface area contributed by atoms with E-state index in [0.29, 0.717) is 29.7 Å². The van der Waals surface area contributed by atoms with E-state index in [1.165, 1.54) is 12.8 Å². The van der Waals surface area contributed by atoms with E-state index in [2.05, 4.69) is 21.3 Å². The van der Waals surface area contributed by atoms with Gasteiger partial charge < -0.3 is 30.2 Å². The first-order valence-corrected chi connectivity index (χ1v) is 15.8. The van der Waals surface area contributed by atoms with Crippen molar-refractivity contribution in [3.63, 3.8) is 0 Å². The number of carbonyl (C=O) groups is 2. The van der Waals surface area contributed by atoms with Crippen molar-refractivity contribution < 1.29 is 14.3 Å². The molecule has 8 rings (SSSR count). The van der Waals surface area contributed by atoms with Crippen molar-refractivity contribution in [3.8, 4) is 28.5 Å². The Morgan fingerprint density at radius 1 is 1.00 bits per heavy atom. The SMILES string of the molecule is COc1cc(C(=O)N2CC3CCC2[C@@H]3N)cc2nc(-c3cc4ccc(-c5ccc(CC(N)=O)cc5)nc4n3CC3CC3)n(C)c12. The van der Waals surface area contributed by atoms with Crippen LogP contribution in [-0.2, 0) is 24.8 Å². The second-order valence-corrected chi connectivity index (χ2v) is 13.0. The summed E-state index contributed by atoms with van der Waals surface area (Å²) in [5.41, 5.74) is 18.5. The lowest BCUT2D eigenvalue weighted by Crippen LogP contribution is -2.41. The maximum Gasteiger partial charge on any atom is 0.254 e. The standard InChI is InChI=1S/C35H37N7O3/c1-40-32-26(14-24(16-29(32)45-2)35(44)42-18-23-10-12-27(42)31(23)37)39-34(40)28-15-22-9-11-25(38-33(22)41(28)17-20-3-4-20)21-7-5-19(6-8-21)13-30(36)43/h5-9,11,14-16,20,23,27,31H,3-4,10,12-13,17-18,37H2,1-2H3,(H2,36,43)/t23?,27?,31-/m1/s1. The highest BCUT2D eigenvalue weighted by Crippen LogP contribution is 2.40. The highest BCUT2D eigenvalue weighted by atomic mass is 16.5. The minimum atomic E-state index is -0.349. The molecule has 4 heterocycles. The second-order valence-electron chi connectivity index (χ2n) is 13.0. The summed E-state index contributed by atoms with van der Waals surface area (Å²) in [6.07, 6.45) is 4.67. The van der Waals surface area contributed by atoms with Crippen LogP contribution in [0.15, 0.2) is 54.6 Å². The number of primary amides is 1. The third-order valence-corrected chi connectivity index (χ3v) is 10.1. The Kier molecular flexibility index (Phi) is 6.46. The summed E-state index contributed by atoms with van der Waals surface area (Å²) in [4.78, 5) is 37.3. The summed E-state index contributed by atoms with van der Waals surface area (Å²) in [5.74, 6) is 2.05. The van der Waals surface area contributed by atoms with Crippen LogP contribution in [0, 0.1) is 11.8 Å². The topological polar surface area (TPSA) is 134 Å². The molecule has 4 N–H and O–H groups in total. The molecule has 10 nitrogen and oxygen atoms in total. The van der Waals surface area contributed by atoms with Crippen molar-refractivity contribution in [1.82, 2.24) is 24.0 Å². The lowest BCUT2D eigenvalue weighted by molar-refractivity contribution is -0.117. The summed E-state index contributed by atoms with van der Waals surface area (Å²) in [6, 6.07) is 18.0. The van der Waals surface area contributed by atoms with Gasteiger partial charge in [0.25, 0.3) is 5.91 Å². The smallest absolute Gasteiger partial charge is 0.254 e. The summed E-state index contributed by atoms with van der Waals surface area (Å²) in [5, 5.41) is 1.04.